The van der Waals surface area contributed by atoms with Crippen molar-refractivity contribution in [3.05, 3.63) is 95.1 Å². The molecular formula is C29H28N4O3. The molecule has 0 unspecified atom stereocenters. The lowest BCUT2D eigenvalue weighted by Crippen LogP contribution is -2.46. The predicted octanol–water partition coefficient (Wildman–Crippen LogP) is 5.13. The Hall–Kier alpha value is -4.39. The van der Waals surface area contributed by atoms with E-state index in [9.17, 15) is 14.7 Å². The number of aryl methyl sites for hydroxylation is 2. The highest BCUT2D eigenvalue weighted by Gasteiger charge is 2.21. The first-order valence-electron chi connectivity index (χ1n) is 12.0. The molecule has 1 amide bonds. The molecule has 4 aromatic rings. The molecule has 5 rings (SSSR count). The van der Waals surface area contributed by atoms with Gasteiger partial charge in [0.05, 0.1) is 11.1 Å². The minimum Gasteiger partial charge on any atom is -0.478 e. The van der Waals surface area contributed by atoms with E-state index in [4.69, 9.17) is 4.98 Å². The van der Waals surface area contributed by atoms with Crippen LogP contribution < -0.4 is 15.1 Å². The van der Waals surface area contributed by atoms with Gasteiger partial charge in [-0.25, -0.2) is 9.78 Å². The van der Waals surface area contributed by atoms with Crippen LogP contribution in [-0.4, -0.2) is 48.1 Å². The van der Waals surface area contributed by atoms with E-state index in [1.54, 1.807) is 30.3 Å². The van der Waals surface area contributed by atoms with Crippen molar-refractivity contribution in [3.63, 3.8) is 0 Å². The largest absolute Gasteiger partial charge is 0.478 e. The molecule has 2 N–H and O–H groups in total. The number of pyridine rings is 1. The molecule has 1 aliphatic rings. The Kier molecular flexibility index (Phi) is 6.29. The highest BCUT2D eigenvalue weighted by Crippen LogP contribution is 2.28. The van der Waals surface area contributed by atoms with Crippen molar-refractivity contribution >= 4 is 40.0 Å². The number of carboxylic acid groups (broad SMARTS) is 1. The first-order valence-corrected chi connectivity index (χ1v) is 12.0. The standard InChI is InChI=1S/C29H28N4O3/c1-19-6-5-8-22(16-19)32-12-14-33(15-13-32)27-18-25(29(35)36)24-17-21(10-11-26(24)31-27)30-28(34)23-9-4-3-7-20(23)2/h3-11,16-18H,12-15H2,1-2H3,(H,30,34)(H,35,36). The van der Waals surface area contributed by atoms with E-state index >= 15 is 0 Å². The number of carbonyl (C=O) groups is 2. The minimum atomic E-state index is -1.02. The van der Waals surface area contributed by atoms with Crippen LogP contribution in [0.5, 0.6) is 0 Å². The average Bonchev–Trinajstić information content (AvgIpc) is 2.88. The summed E-state index contributed by atoms with van der Waals surface area (Å²) < 4.78 is 0. The Labute approximate surface area is 210 Å². The van der Waals surface area contributed by atoms with Crippen molar-refractivity contribution in [1.29, 1.82) is 0 Å². The van der Waals surface area contributed by atoms with Crippen LogP contribution in [0.3, 0.4) is 0 Å². The zero-order chi connectivity index (χ0) is 25.2. The summed E-state index contributed by atoms with van der Waals surface area (Å²) in [6.07, 6.45) is 0. The molecule has 0 aliphatic carbocycles. The molecule has 0 radical (unpaired) electrons. The first kappa shape index (κ1) is 23.4. The van der Waals surface area contributed by atoms with E-state index in [1.807, 2.05) is 25.1 Å². The van der Waals surface area contributed by atoms with Gasteiger partial charge in [0, 0.05) is 48.5 Å². The molecule has 1 fully saturated rings. The van der Waals surface area contributed by atoms with Crippen LogP contribution in [0, 0.1) is 13.8 Å². The van der Waals surface area contributed by atoms with E-state index < -0.39 is 5.97 Å². The highest BCUT2D eigenvalue weighted by molar-refractivity contribution is 6.08. The van der Waals surface area contributed by atoms with Crippen LogP contribution in [-0.2, 0) is 0 Å². The number of nitrogens with zero attached hydrogens (tertiary/aromatic N) is 3. The molecule has 0 bridgehead atoms. The number of amides is 1. The molecule has 7 heteroatoms. The van der Waals surface area contributed by atoms with E-state index in [-0.39, 0.29) is 11.5 Å². The minimum absolute atomic E-state index is 0.170. The third-order valence-electron chi connectivity index (χ3n) is 6.64. The lowest BCUT2D eigenvalue weighted by Gasteiger charge is -2.37. The molecule has 0 spiro atoms. The lowest BCUT2D eigenvalue weighted by molar-refractivity contribution is 0.0698. The summed E-state index contributed by atoms with van der Waals surface area (Å²) in [5.41, 5.74) is 5.16. The Bertz CT molecular complexity index is 1460. The number of carbonyl (C=O) groups excluding carboxylic acids is 1. The zero-order valence-corrected chi connectivity index (χ0v) is 20.4. The SMILES string of the molecule is Cc1cccc(N2CCN(c3cc(C(=O)O)c4cc(NC(=O)c5ccccc5C)ccc4n3)CC2)c1. The maximum atomic E-state index is 12.7. The normalized spacial score (nSPS) is 13.6. The number of hydrogen-bond acceptors (Lipinski definition) is 5. The fraction of sp³-hybridized carbons (Fsp3) is 0.207. The number of rotatable bonds is 5. The van der Waals surface area contributed by atoms with Gasteiger partial charge in [-0.2, -0.15) is 0 Å². The Morgan fingerprint density at radius 3 is 2.31 bits per heavy atom. The molecule has 0 saturated carbocycles. The number of aromatic carboxylic acids is 1. The van der Waals surface area contributed by atoms with Crippen molar-refractivity contribution in [3.8, 4) is 0 Å². The van der Waals surface area contributed by atoms with E-state index in [1.165, 1.54) is 11.3 Å². The quantitative estimate of drug-likeness (QED) is 0.412. The van der Waals surface area contributed by atoms with Gasteiger partial charge >= 0.3 is 5.97 Å². The van der Waals surface area contributed by atoms with Gasteiger partial charge in [0.1, 0.15) is 5.82 Å². The van der Waals surface area contributed by atoms with Crippen LogP contribution in [0.4, 0.5) is 17.2 Å². The fourth-order valence-electron chi connectivity index (χ4n) is 4.67. The maximum absolute atomic E-state index is 12.7. The van der Waals surface area contributed by atoms with Gasteiger partial charge in [-0.1, -0.05) is 30.3 Å². The van der Waals surface area contributed by atoms with Crippen LogP contribution >= 0.6 is 0 Å². The van der Waals surface area contributed by atoms with Crippen molar-refractivity contribution in [2.24, 2.45) is 0 Å². The Balaban J connectivity index is 1.38. The number of fused-ring (bicyclic) bond motifs is 1. The number of carboxylic acids is 1. The average molecular weight is 481 g/mol. The van der Waals surface area contributed by atoms with Crippen molar-refractivity contribution in [2.75, 3.05) is 41.3 Å². The van der Waals surface area contributed by atoms with Gasteiger partial charge in [0.15, 0.2) is 0 Å². The van der Waals surface area contributed by atoms with E-state index in [0.29, 0.717) is 28.0 Å². The summed E-state index contributed by atoms with van der Waals surface area (Å²) in [7, 11) is 0. The third-order valence-corrected chi connectivity index (χ3v) is 6.64. The number of nitrogens with one attached hydrogen (secondary N) is 1. The molecular weight excluding hydrogens is 452 g/mol. The lowest BCUT2D eigenvalue weighted by atomic mass is 10.1. The van der Waals surface area contributed by atoms with Crippen molar-refractivity contribution in [2.45, 2.75) is 13.8 Å². The summed E-state index contributed by atoms with van der Waals surface area (Å²) >= 11 is 0. The van der Waals surface area contributed by atoms with Gasteiger partial charge in [-0.05, 0) is 67.4 Å². The molecule has 36 heavy (non-hydrogen) atoms. The Morgan fingerprint density at radius 2 is 1.58 bits per heavy atom. The topological polar surface area (TPSA) is 85.8 Å². The summed E-state index contributed by atoms with van der Waals surface area (Å²) in [5.74, 6) is -0.606. The van der Waals surface area contributed by atoms with Crippen LogP contribution in [0.1, 0.15) is 31.8 Å². The number of aromatic nitrogens is 1. The second kappa shape index (κ2) is 9.70. The van der Waals surface area contributed by atoms with Gasteiger partial charge < -0.3 is 20.2 Å². The molecule has 182 valence electrons. The van der Waals surface area contributed by atoms with Crippen LogP contribution in [0.2, 0.25) is 0 Å². The predicted molar refractivity (Wildman–Crippen MR) is 143 cm³/mol. The molecule has 2 heterocycles. The summed E-state index contributed by atoms with van der Waals surface area (Å²) in [6.45, 7) is 7.12. The zero-order valence-electron chi connectivity index (χ0n) is 20.4. The summed E-state index contributed by atoms with van der Waals surface area (Å²) in [6, 6.07) is 22.6. The monoisotopic (exact) mass is 480 g/mol. The van der Waals surface area contributed by atoms with Crippen LogP contribution in [0.15, 0.2) is 72.8 Å². The second-order valence-electron chi connectivity index (χ2n) is 9.15. The molecule has 1 saturated heterocycles. The highest BCUT2D eigenvalue weighted by atomic mass is 16.4. The smallest absolute Gasteiger partial charge is 0.336 e. The third kappa shape index (κ3) is 4.73. The van der Waals surface area contributed by atoms with Crippen molar-refractivity contribution < 1.29 is 14.7 Å². The number of piperazine rings is 1. The molecule has 0 atom stereocenters. The first-order chi connectivity index (χ1) is 17.4. The Morgan fingerprint density at radius 1 is 0.833 bits per heavy atom. The molecule has 3 aromatic carbocycles. The summed E-state index contributed by atoms with van der Waals surface area (Å²) in [5, 5.41) is 13.3. The number of benzene rings is 3. The van der Waals surface area contributed by atoms with Gasteiger partial charge in [0.25, 0.3) is 5.91 Å². The van der Waals surface area contributed by atoms with E-state index in [2.05, 4.69) is 46.3 Å². The summed E-state index contributed by atoms with van der Waals surface area (Å²) in [4.78, 5) is 34.2. The van der Waals surface area contributed by atoms with Crippen LogP contribution in [0.25, 0.3) is 10.9 Å². The molecule has 1 aliphatic heterocycles. The number of hydrogen-bond donors (Lipinski definition) is 2. The maximum Gasteiger partial charge on any atom is 0.336 e. The van der Waals surface area contributed by atoms with Crippen molar-refractivity contribution in [1.82, 2.24) is 4.98 Å². The second-order valence-corrected chi connectivity index (χ2v) is 9.15. The van der Waals surface area contributed by atoms with Gasteiger partial charge in [0.2, 0.25) is 0 Å². The number of anilines is 3. The molecule has 7 nitrogen and oxygen atoms in total. The fourth-order valence-corrected chi connectivity index (χ4v) is 4.67. The van der Waals surface area contributed by atoms with E-state index in [0.717, 1.165) is 31.7 Å². The van der Waals surface area contributed by atoms with Gasteiger partial charge in [-0.15, -0.1) is 0 Å². The van der Waals surface area contributed by atoms with Gasteiger partial charge in [-0.3, -0.25) is 4.79 Å². The molecule has 1 aromatic heterocycles.